The number of rotatable bonds is 1. The molecule has 7 heavy (non-hydrogen) atoms. The second kappa shape index (κ2) is 9.14. The highest BCUT2D eigenvalue weighted by Gasteiger charge is 1.76. The van der Waals surface area contributed by atoms with E-state index in [1.165, 1.54) is 0 Å². The van der Waals surface area contributed by atoms with Crippen molar-refractivity contribution in [3.63, 3.8) is 0 Å². The first-order valence-electron chi connectivity index (χ1n) is 1.76. The zero-order valence-electron chi connectivity index (χ0n) is 4.62. The third-order valence-electron chi connectivity index (χ3n) is 0.498. The van der Waals surface area contributed by atoms with Crippen molar-refractivity contribution in [2.24, 2.45) is 0 Å². The van der Waals surface area contributed by atoms with E-state index in [1.54, 1.807) is 6.92 Å². The lowest BCUT2D eigenvalue weighted by Crippen LogP contribution is -1.80. The maximum absolute atomic E-state index is 9.81. The molecule has 0 aromatic heterocycles. The Kier molecular flexibility index (Phi) is 20.9. The van der Waals surface area contributed by atoms with E-state index in [2.05, 4.69) is 0 Å². The molecule has 0 aliphatic heterocycles. The molecule has 46 valence electrons. The molecule has 3 heteroatoms. The lowest BCUT2D eigenvalue weighted by atomic mass is 10.4. The van der Waals surface area contributed by atoms with Crippen LogP contribution in [-0.2, 0) is 4.79 Å². The first-order valence-corrected chi connectivity index (χ1v) is 1.76. The summed E-state index contributed by atoms with van der Waals surface area (Å²) in [6.07, 6.45) is 0.667. The molecule has 0 saturated heterocycles. The largest absolute Gasteiger partial charge is 0.412 e. The smallest absolute Gasteiger partial charge is 0.129 e. The minimum Gasteiger partial charge on any atom is -0.412 e. The summed E-state index contributed by atoms with van der Waals surface area (Å²) in [5, 5.41) is 0. The summed E-state index contributed by atoms with van der Waals surface area (Å²) in [6, 6.07) is 0. The van der Waals surface area contributed by atoms with Crippen LogP contribution in [0, 0.1) is 0 Å². The Morgan fingerprint density at radius 2 is 1.57 bits per heavy atom. The van der Waals surface area contributed by atoms with Crippen molar-refractivity contribution < 1.29 is 15.7 Å². The summed E-state index contributed by atoms with van der Waals surface area (Å²) in [4.78, 5) is 9.81. The van der Waals surface area contributed by atoms with Gasteiger partial charge in [-0.25, -0.2) is 0 Å². The number of carbonyl (C=O) groups excluding carboxylic acids is 1. The Morgan fingerprint density at radius 1 is 1.43 bits per heavy atom. The van der Waals surface area contributed by atoms with Crippen LogP contribution >= 0.6 is 0 Å². The Balaban J connectivity index is -0.0000000800. The minimum atomic E-state index is 0. The van der Waals surface area contributed by atoms with Crippen molar-refractivity contribution in [1.29, 1.82) is 0 Å². The quantitative estimate of drug-likeness (QED) is 0.439. The molecule has 0 spiro atoms. The van der Waals surface area contributed by atoms with Crippen molar-refractivity contribution in [1.82, 2.24) is 0 Å². The molecule has 0 radical (unpaired) electrons. The number of carbonyl (C=O) groups is 1. The fraction of sp³-hybridized carbons (Fsp3) is 0.750. The molecule has 0 amide bonds. The van der Waals surface area contributed by atoms with Crippen molar-refractivity contribution in [3.8, 4) is 0 Å². The maximum Gasteiger partial charge on any atom is 0.129 e. The van der Waals surface area contributed by atoms with E-state index in [0.717, 1.165) is 0 Å². The maximum atomic E-state index is 9.81. The van der Waals surface area contributed by atoms with Crippen LogP contribution in [0.25, 0.3) is 0 Å². The molecule has 0 aromatic rings. The Labute approximate surface area is 43.0 Å². The van der Waals surface area contributed by atoms with Crippen LogP contribution in [0.5, 0.6) is 0 Å². The average Bonchev–Trinajstić information content (AvgIpc) is 1.38. The van der Waals surface area contributed by atoms with Crippen LogP contribution in [-0.4, -0.2) is 16.7 Å². The highest BCUT2D eigenvalue weighted by Crippen LogP contribution is 1.71. The summed E-state index contributed by atoms with van der Waals surface area (Å²) >= 11 is 0. The molecule has 0 atom stereocenters. The second-order valence-corrected chi connectivity index (χ2v) is 1.06. The molecular weight excluding hydrogens is 96.0 g/mol. The first kappa shape index (κ1) is 16.0. The summed E-state index contributed by atoms with van der Waals surface area (Å²) < 4.78 is 0. The summed E-state index contributed by atoms with van der Waals surface area (Å²) in [6.45, 7) is 3.43. The number of hydrogen-bond acceptors (Lipinski definition) is 1. The van der Waals surface area contributed by atoms with E-state index >= 15 is 0 Å². The molecule has 0 unspecified atom stereocenters. The third kappa shape index (κ3) is 28.5. The van der Waals surface area contributed by atoms with Gasteiger partial charge in [-0.1, -0.05) is 6.92 Å². The lowest BCUT2D eigenvalue weighted by molar-refractivity contribution is -0.116. The van der Waals surface area contributed by atoms with Crippen LogP contribution in [0.3, 0.4) is 0 Å². The molecule has 0 bridgehead atoms. The first-order chi connectivity index (χ1) is 2.27. The average molecular weight is 108 g/mol. The molecule has 0 aromatic carbocycles. The minimum absolute atomic E-state index is 0. The van der Waals surface area contributed by atoms with Crippen LogP contribution in [0.15, 0.2) is 0 Å². The van der Waals surface area contributed by atoms with E-state index < -0.39 is 0 Å². The Bertz CT molecular complexity index is 42.2. The van der Waals surface area contributed by atoms with Crippen molar-refractivity contribution in [2.75, 3.05) is 0 Å². The van der Waals surface area contributed by atoms with Gasteiger partial charge in [-0.15, -0.1) is 0 Å². The van der Waals surface area contributed by atoms with Gasteiger partial charge >= 0.3 is 0 Å². The molecule has 4 N–H and O–H groups in total. The molecule has 0 aliphatic rings. The van der Waals surface area contributed by atoms with E-state index in [-0.39, 0.29) is 16.7 Å². The molecule has 0 heterocycles. The normalized spacial score (nSPS) is 5.43. The fourth-order valence-electron chi connectivity index (χ4n) is 0. The van der Waals surface area contributed by atoms with E-state index in [9.17, 15) is 4.79 Å². The lowest BCUT2D eigenvalue weighted by Gasteiger charge is -1.71. The van der Waals surface area contributed by atoms with E-state index in [0.29, 0.717) is 6.42 Å². The fourth-order valence-corrected chi connectivity index (χ4v) is 0. The van der Waals surface area contributed by atoms with Gasteiger partial charge < -0.3 is 15.7 Å². The third-order valence-corrected chi connectivity index (χ3v) is 0.498. The highest BCUT2D eigenvalue weighted by molar-refractivity contribution is 5.74. The predicted octanol–water partition coefficient (Wildman–Crippen LogP) is -0.664. The van der Waals surface area contributed by atoms with Gasteiger partial charge in [-0.2, -0.15) is 0 Å². The van der Waals surface area contributed by atoms with Crippen molar-refractivity contribution in [2.45, 2.75) is 20.3 Å². The number of ketones is 1. The van der Waals surface area contributed by atoms with Gasteiger partial charge in [0.1, 0.15) is 5.78 Å². The zero-order chi connectivity index (χ0) is 4.28. The number of Topliss-reactive ketones (excluding diaryl/α,β-unsaturated/α-hetero) is 1. The van der Waals surface area contributed by atoms with Gasteiger partial charge in [0.15, 0.2) is 0 Å². The monoisotopic (exact) mass is 108 g/mol. The van der Waals surface area contributed by atoms with Gasteiger partial charge in [-0.3, -0.25) is 0 Å². The Hall–Kier alpha value is -0.410. The summed E-state index contributed by atoms with van der Waals surface area (Å²) in [5.74, 6) is 0.255. The molecule has 0 aliphatic carbocycles. The number of hydrogen-bond donors (Lipinski definition) is 0. The highest BCUT2D eigenvalue weighted by atomic mass is 16.1. The standard InChI is InChI=1S/C4H8O.2H2O/c1-3-4(2)5;;/h3H2,1-2H3;2*1H2. The molecule has 0 saturated carbocycles. The van der Waals surface area contributed by atoms with Crippen molar-refractivity contribution >= 4 is 5.78 Å². The van der Waals surface area contributed by atoms with Gasteiger partial charge in [0.25, 0.3) is 0 Å². The Morgan fingerprint density at radius 3 is 1.57 bits per heavy atom. The van der Waals surface area contributed by atoms with E-state index in [1.807, 2.05) is 6.92 Å². The topological polar surface area (TPSA) is 80.1 Å². The molecule has 3 nitrogen and oxygen atoms in total. The zero-order valence-corrected chi connectivity index (χ0v) is 4.62. The van der Waals surface area contributed by atoms with Crippen LogP contribution < -0.4 is 0 Å². The van der Waals surface area contributed by atoms with Gasteiger partial charge in [0.05, 0.1) is 0 Å². The second-order valence-electron chi connectivity index (χ2n) is 1.06. The van der Waals surface area contributed by atoms with E-state index in [4.69, 9.17) is 0 Å². The molecule has 0 fully saturated rings. The molecule has 0 rings (SSSR count). The summed E-state index contributed by atoms with van der Waals surface area (Å²) in [7, 11) is 0. The molecular formula is C4H12O3. The van der Waals surface area contributed by atoms with Crippen LogP contribution in [0.1, 0.15) is 20.3 Å². The SMILES string of the molecule is CCC(C)=O.O.O. The summed E-state index contributed by atoms with van der Waals surface area (Å²) in [5.41, 5.74) is 0. The van der Waals surface area contributed by atoms with Gasteiger partial charge in [0, 0.05) is 6.42 Å². The van der Waals surface area contributed by atoms with Crippen molar-refractivity contribution in [3.05, 3.63) is 0 Å². The van der Waals surface area contributed by atoms with Gasteiger partial charge in [0.2, 0.25) is 0 Å². The van der Waals surface area contributed by atoms with Gasteiger partial charge in [-0.05, 0) is 6.92 Å². The predicted molar refractivity (Wildman–Crippen MR) is 28.2 cm³/mol. The van der Waals surface area contributed by atoms with Crippen LogP contribution in [0.2, 0.25) is 0 Å². The van der Waals surface area contributed by atoms with Crippen LogP contribution in [0.4, 0.5) is 0 Å².